The van der Waals surface area contributed by atoms with Crippen LogP contribution in [0.2, 0.25) is 0 Å². The molecule has 0 bridgehead atoms. The van der Waals surface area contributed by atoms with Gasteiger partial charge in [0, 0.05) is 17.5 Å². The first-order valence-electron chi connectivity index (χ1n) is 4.63. The van der Waals surface area contributed by atoms with Gasteiger partial charge in [-0.05, 0) is 23.8 Å². The van der Waals surface area contributed by atoms with Crippen molar-refractivity contribution in [2.24, 2.45) is 0 Å². The van der Waals surface area contributed by atoms with Gasteiger partial charge < -0.3 is 9.72 Å². The number of ether oxygens (including phenoxy) is 1. The van der Waals surface area contributed by atoms with E-state index in [4.69, 9.17) is 17.0 Å². The monoisotopic (exact) mass is 217 g/mol. The van der Waals surface area contributed by atoms with Crippen LogP contribution in [0.25, 0.3) is 11.3 Å². The van der Waals surface area contributed by atoms with Crippen molar-refractivity contribution >= 4 is 17.3 Å². The average molecular weight is 217 g/mol. The Morgan fingerprint density at radius 2 is 2.00 bits per heavy atom. The van der Waals surface area contributed by atoms with Gasteiger partial charge in [-0.25, -0.2) is 0 Å². The van der Waals surface area contributed by atoms with Gasteiger partial charge in [0.15, 0.2) is 5.05 Å². The second kappa shape index (κ2) is 4.28. The van der Waals surface area contributed by atoms with E-state index < -0.39 is 0 Å². The van der Waals surface area contributed by atoms with Crippen molar-refractivity contribution in [1.82, 2.24) is 4.98 Å². The molecular formula is C12H11NOS. The Hall–Kier alpha value is -1.61. The highest BCUT2D eigenvalue weighted by atomic mass is 32.1. The highest BCUT2D eigenvalue weighted by molar-refractivity contribution is 7.80. The van der Waals surface area contributed by atoms with Crippen molar-refractivity contribution in [3.05, 3.63) is 48.2 Å². The van der Waals surface area contributed by atoms with Gasteiger partial charge in [0.2, 0.25) is 0 Å². The summed E-state index contributed by atoms with van der Waals surface area (Å²) in [6.07, 6.45) is 1.86. The number of rotatable bonds is 2. The molecule has 0 aliphatic rings. The van der Waals surface area contributed by atoms with E-state index in [1.807, 2.05) is 42.6 Å². The third-order valence-electron chi connectivity index (χ3n) is 2.19. The van der Waals surface area contributed by atoms with Crippen LogP contribution in [0, 0.1) is 0 Å². The summed E-state index contributed by atoms with van der Waals surface area (Å²) in [7, 11) is 1.58. The molecule has 0 aliphatic carbocycles. The number of H-pyrrole nitrogens is 1. The normalized spacial score (nSPS) is 9.93. The van der Waals surface area contributed by atoms with Crippen LogP contribution < -0.4 is 0 Å². The number of nitrogens with one attached hydrogen (secondary N) is 1. The summed E-state index contributed by atoms with van der Waals surface area (Å²) in [6.45, 7) is 0. The van der Waals surface area contributed by atoms with E-state index in [0.29, 0.717) is 5.05 Å². The predicted octanol–water partition coefficient (Wildman–Crippen LogP) is 3.00. The van der Waals surface area contributed by atoms with Gasteiger partial charge in [0.25, 0.3) is 0 Å². The van der Waals surface area contributed by atoms with Crippen LogP contribution in [-0.2, 0) is 4.74 Å². The van der Waals surface area contributed by atoms with E-state index in [9.17, 15) is 0 Å². The first kappa shape index (κ1) is 9.93. The van der Waals surface area contributed by atoms with Crippen LogP contribution in [-0.4, -0.2) is 17.1 Å². The number of hydrogen-bond donors (Lipinski definition) is 1. The molecule has 1 aromatic carbocycles. The van der Waals surface area contributed by atoms with Gasteiger partial charge in [0.05, 0.1) is 7.11 Å². The number of aromatic amines is 1. The minimum absolute atomic E-state index is 0.508. The topological polar surface area (TPSA) is 25.0 Å². The third kappa shape index (κ3) is 2.07. The van der Waals surface area contributed by atoms with Crippen LogP contribution in [0.15, 0.2) is 42.6 Å². The molecule has 0 amide bonds. The summed E-state index contributed by atoms with van der Waals surface area (Å²) in [5, 5.41) is 0.508. The molecule has 0 spiro atoms. The summed E-state index contributed by atoms with van der Waals surface area (Å²) < 4.78 is 5.00. The van der Waals surface area contributed by atoms with Crippen LogP contribution in [0.3, 0.4) is 0 Å². The molecule has 0 aliphatic heterocycles. The molecule has 0 atom stereocenters. The van der Waals surface area contributed by atoms with Crippen LogP contribution >= 0.6 is 12.2 Å². The summed E-state index contributed by atoms with van der Waals surface area (Å²) in [6, 6.07) is 12.1. The quantitative estimate of drug-likeness (QED) is 0.782. The maximum absolute atomic E-state index is 5.04. The largest absolute Gasteiger partial charge is 0.486 e. The van der Waals surface area contributed by atoms with E-state index in [1.165, 1.54) is 0 Å². The maximum atomic E-state index is 5.04. The Morgan fingerprint density at radius 1 is 1.27 bits per heavy atom. The van der Waals surface area contributed by atoms with Gasteiger partial charge in [-0.1, -0.05) is 30.3 Å². The van der Waals surface area contributed by atoms with E-state index in [0.717, 1.165) is 16.8 Å². The van der Waals surface area contributed by atoms with Crippen LogP contribution in [0.4, 0.5) is 0 Å². The van der Waals surface area contributed by atoms with Gasteiger partial charge in [-0.15, -0.1) is 0 Å². The number of benzene rings is 1. The molecule has 1 aromatic heterocycles. The molecule has 2 aromatic rings. The Bertz CT molecular complexity index is 461. The fourth-order valence-electron chi connectivity index (χ4n) is 1.41. The fourth-order valence-corrected chi connectivity index (χ4v) is 1.53. The molecule has 2 rings (SSSR count). The lowest BCUT2D eigenvalue weighted by molar-refractivity contribution is 0.416. The molecule has 15 heavy (non-hydrogen) atoms. The Labute approximate surface area is 93.9 Å². The van der Waals surface area contributed by atoms with Crippen LogP contribution in [0.5, 0.6) is 0 Å². The van der Waals surface area contributed by atoms with E-state index in [-0.39, 0.29) is 0 Å². The second-order valence-electron chi connectivity index (χ2n) is 3.16. The lowest BCUT2D eigenvalue weighted by Gasteiger charge is -1.97. The molecule has 1 N–H and O–H groups in total. The number of hydrogen-bond acceptors (Lipinski definition) is 2. The van der Waals surface area contributed by atoms with Gasteiger partial charge >= 0.3 is 0 Å². The zero-order chi connectivity index (χ0) is 10.7. The summed E-state index contributed by atoms with van der Waals surface area (Å²) in [4.78, 5) is 3.17. The highest BCUT2D eigenvalue weighted by Crippen LogP contribution is 2.18. The summed E-state index contributed by atoms with van der Waals surface area (Å²) in [5.41, 5.74) is 3.10. The Balaban J connectivity index is 2.32. The van der Waals surface area contributed by atoms with Gasteiger partial charge in [-0.2, -0.15) is 0 Å². The minimum Gasteiger partial charge on any atom is -0.486 e. The first-order chi connectivity index (χ1) is 7.31. The molecule has 1 heterocycles. The van der Waals surface area contributed by atoms with Gasteiger partial charge in [-0.3, -0.25) is 0 Å². The molecular weight excluding hydrogens is 206 g/mol. The third-order valence-corrected chi connectivity index (χ3v) is 2.59. The molecule has 0 saturated carbocycles. The number of aromatic nitrogens is 1. The number of methoxy groups -OCH3 is 1. The van der Waals surface area contributed by atoms with Crippen LogP contribution in [0.1, 0.15) is 5.56 Å². The minimum atomic E-state index is 0.508. The first-order valence-corrected chi connectivity index (χ1v) is 5.04. The summed E-state index contributed by atoms with van der Waals surface area (Å²) >= 11 is 5.04. The molecule has 0 fully saturated rings. The van der Waals surface area contributed by atoms with Crippen molar-refractivity contribution in [3.63, 3.8) is 0 Å². The second-order valence-corrected chi connectivity index (χ2v) is 3.53. The number of thiocarbonyl (C=S) groups is 1. The molecule has 2 nitrogen and oxygen atoms in total. The SMILES string of the molecule is COC(=S)c1c[nH]c(-c2ccccc2)c1. The lowest BCUT2D eigenvalue weighted by Crippen LogP contribution is -1.96. The maximum Gasteiger partial charge on any atom is 0.192 e. The molecule has 76 valence electrons. The molecule has 0 radical (unpaired) electrons. The van der Waals surface area contributed by atoms with Crippen molar-refractivity contribution in [3.8, 4) is 11.3 Å². The predicted molar refractivity (Wildman–Crippen MR) is 64.9 cm³/mol. The lowest BCUT2D eigenvalue weighted by atomic mass is 10.1. The molecule has 0 unspecified atom stereocenters. The van der Waals surface area contributed by atoms with Crippen molar-refractivity contribution in [2.45, 2.75) is 0 Å². The van der Waals surface area contributed by atoms with Crippen molar-refractivity contribution in [1.29, 1.82) is 0 Å². The standard InChI is InChI=1S/C12H11NOS/c1-14-12(15)10-7-11(13-8-10)9-5-3-2-4-6-9/h2-8,13H,1H3. The zero-order valence-corrected chi connectivity index (χ0v) is 9.17. The zero-order valence-electron chi connectivity index (χ0n) is 8.36. The highest BCUT2D eigenvalue weighted by Gasteiger charge is 2.05. The van der Waals surface area contributed by atoms with Crippen molar-refractivity contribution in [2.75, 3.05) is 7.11 Å². The van der Waals surface area contributed by atoms with E-state index >= 15 is 0 Å². The molecule has 3 heteroatoms. The van der Waals surface area contributed by atoms with Crippen molar-refractivity contribution < 1.29 is 4.74 Å². The van der Waals surface area contributed by atoms with E-state index in [1.54, 1.807) is 7.11 Å². The smallest absolute Gasteiger partial charge is 0.192 e. The Morgan fingerprint density at radius 3 is 2.67 bits per heavy atom. The summed E-state index contributed by atoms with van der Waals surface area (Å²) in [5.74, 6) is 0. The average Bonchev–Trinajstić information content (AvgIpc) is 2.78. The fraction of sp³-hybridized carbons (Fsp3) is 0.0833. The van der Waals surface area contributed by atoms with Gasteiger partial charge in [0.1, 0.15) is 0 Å². The molecule has 0 saturated heterocycles. The van der Waals surface area contributed by atoms with E-state index in [2.05, 4.69) is 4.98 Å². The Kier molecular flexibility index (Phi) is 2.83.